The molecule has 1 aliphatic heterocycles. The maximum absolute atomic E-state index is 11.4. The van der Waals surface area contributed by atoms with Crippen LogP contribution in [0.4, 0.5) is 0 Å². The van der Waals surface area contributed by atoms with Gasteiger partial charge in [0.05, 0.1) is 0 Å². The van der Waals surface area contributed by atoms with Crippen LogP contribution >= 0.6 is 0 Å². The second-order valence-electron chi connectivity index (χ2n) is 5.67. The molecule has 0 bridgehead atoms. The third-order valence-corrected chi connectivity index (χ3v) is 4.01. The quantitative estimate of drug-likeness (QED) is 0.476. The fraction of sp³-hybridized carbons (Fsp3) is 0.389. The Morgan fingerprint density at radius 1 is 1.38 bits per heavy atom. The lowest BCUT2D eigenvalue weighted by molar-refractivity contribution is -0.131. The molecule has 1 heterocycles. The third kappa shape index (κ3) is 2.87. The number of hydrogen-bond acceptors (Lipinski definition) is 3. The Bertz CT molecular complexity index is 626. The molecule has 0 N–H and O–H groups in total. The van der Waals surface area contributed by atoms with Crippen LogP contribution in [0.15, 0.2) is 36.1 Å². The van der Waals surface area contributed by atoms with E-state index in [9.17, 15) is 4.79 Å². The summed E-state index contributed by atoms with van der Waals surface area (Å²) in [5.41, 5.74) is 3.41. The van der Waals surface area contributed by atoms with E-state index >= 15 is 0 Å². The first kappa shape index (κ1) is 13.9. The summed E-state index contributed by atoms with van der Waals surface area (Å²) in [6.45, 7) is 5.20. The smallest absolute Gasteiger partial charge is 0.308 e. The van der Waals surface area contributed by atoms with Gasteiger partial charge in [0.1, 0.15) is 17.3 Å². The van der Waals surface area contributed by atoms with Gasteiger partial charge in [0.25, 0.3) is 0 Å². The topological polar surface area (TPSA) is 35.5 Å². The van der Waals surface area contributed by atoms with Crippen molar-refractivity contribution in [2.24, 2.45) is 0 Å². The monoisotopic (exact) mass is 284 g/mol. The molecule has 0 unspecified atom stereocenters. The van der Waals surface area contributed by atoms with Gasteiger partial charge in [0, 0.05) is 25.3 Å². The van der Waals surface area contributed by atoms with Crippen LogP contribution in [-0.4, -0.2) is 5.97 Å². The van der Waals surface area contributed by atoms with Gasteiger partial charge in [0.2, 0.25) is 0 Å². The molecule has 0 aromatic heterocycles. The van der Waals surface area contributed by atoms with Gasteiger partial charge < -0.3 is 9.47 Å². The molecule has 3 heteroatoms. The zero-order valence-electron chi connectivity index (χ0n) is 12.4. The highest BCUT2D eigenvalue weighted by Gasteiger charge is 2.26. The van der Waals surface area contributed by atoms with Crippen molar-refractivity contribution in [1.82, 2.24) is 0 Å². The zero-order chi connectivity index (χ0) is 14.8. The SMILES string of the molecule is C=CCc1cc(OC(C)=O)c2c(c1)OC1=C(CCCC1)C2. The van der Waals surface area contributed by atoms with Crippen molar-refractivity contribution in [3.63, 3.8) is 0 Å². The zero-order valence-corrected chi connectivity index (χ0v) is 12.4. The van der Waals surface area contributed by atoms with Gasteiger partial charge >= 0.3 is 5.97 Å². The maximum atomic E-state index is 11.4. The Balaban J connectivity index is 2.01. The molecule has 3 rings (SSSR count). The average Bonchev–Trinajstić information content (AvgIpc) is 2.45. The van der Waals surface area contributed by atoms with Gasteiger partial charge in [-0.3, -0.25) is 4.79 Å². The molecule has 1 aromatic carbocycles. The van der Waals surface area contributed by atoms with Crippen molar-refractivity contribution in [2.75, 3.05) is 0 Å². The van der Waals surface area contributed by atoms with E-state index in [0.29, 0.717) is 5.75 Å². The molecular weight excluding hydrogens is 264 g/mol. The molecule has 1 aliphatic carbocycles. The molecule has 3 nitrogen and oxygen atoms in total. The minimum atomic E-state index is -0.295. The molecule has 0 saturated heterocycles. The van der Waals surface area contributed by atoms with Crippen molar-refractivity contribution in [3.8, 4) is 11.5 Å². The van der Waals surface area contributed by atoms with Gasteiger partial charge in [-0.05, 0) is 49.0 Å². The maximum Gasteiger partial charge on any atom is 0.308 e. The van der Waals surface area contributed by atoms with Gasteiger partial charge in [-0.1, -0.05) is 6.08 Å². The highest BCUT2D eigenvalue weighted by Crippen LogP contribution is 2.42. The number of esters is 1. The van der Waals surface area contributed by atoms with Crippen molar-refractivity contribution >= 4 is 5.97 Å². The van der Waals surface area contributed by atoms with Crippen LogP contribution in [0.3, 0.4) is 0 Å². The lowest BCUT2D eigenvalue weighted by atomic mass is 9.89. The number of fused-ring (bicyclic) bond motifs is 1. The van der Waals surface area contributed by atoms with E-state index in [1.165, 1.54) is 25.3 Å². The van der Waals surface area contributed by atoms with E-state index in [4.69, 9.17) is 9.47 Å². The Hall–Kier alpha value is -2.03. The summed E-state index contributed by atoms with van der Waals surface area (Å²) < 4.78 is 11.5. The minimum absolute atomic E-state index is 0.295. The van der Waals surface area contributed by atoms with E-state index in [0.717, 1.165) is 48.3 Å². The van der Waals surface area contributed by atoms with Crippen LogP contribution in [0.1, 0.15) is 43.7 Å². The number of hydrogen-bond donors (Lipinski definition) is 0. The van der Waals surface area contributed by atoms with Crippen LogP contribution in [0.2, 0.25) is 0 Å². The number of rotatable bonds is 3. The van der Waals surface area contributed by atoms with E-state index in [1.54, 1.807) is 0 Å². The lowest BCUT2D eigenvalue weighted by Crippen LogP contribution is -2.16. The number of allylic oxidation sites excluding steroid dienone is 3. The number of carbonyl (C=O) groups excluding carboxylic acids is 1. The molecular formula is C18H20O3. The fourth-order valence-corrected chi connectivity index (χ4v) is 3.07. The molecule has 0 amide bonds. The van der Waals surface area contributed by atoms with Crippen molar-refractivity contribution in [1.29, 1.82) is 0 Å². The Kier molecular flexibility index (Phi) is 3.82. The number of ether oxygens (including phenoxy) is 2. The second-order valence-corrected chi connectivity index (χ2v) is 5.67. The van der Waals surface area contributed by atoms with Gasteiger partial charge in [0.15, 0.2) is 0 Å². The number of benzene rings is 1. The van der Waals surface area contributed by atoms with Gasteiger partial charge in [-0.15, -0.1) is 6.58 Å². The summed E-state index contributed by atoms with van der Waals surface area (Å²) in [5.74, 6) is 2.30. The summed E-state index contributed by atoms with van der Waals surface area (Å²) >= 11 is 0. The third-order valence-electron chi connectivity index (χ3n) is 4.01. The van der Waals surface area contributed by atoms with E-state index in [1.807, 2.05) is 18.2 Å². The first-order valence-corrected chi connectivity index (χ1v) is 7.51. The van der Waals surface area contributed by atoms with Crippen molar-refractivity contribution in [2.45, 2.75) is 45.4 Å². The number of carbonyl (C=O) groups is 1. The second kappa shape index (κ2) is 5.76. The predicted octanol–water partition coefficient (Wildman–Crippen LogP) is 4.10. The van der Waals surface area contributed by atoms with Crippen LogP contribution in [0.5, 0.6) is 11.5 Å². The highest BCUT2D eigenvalue weighted by atomic mass is 16.5. The van der Waals surface area contributed by atoms with Gasteiger partial charge in [-0.25, -0.2) is 0 Å². The highest BCUT2D eigenvalue weighted by molar-refractivity contribution is 5.71. The molecule has 0 atom stereocenters. The molecule has 1 aromatic rings. The van der Waals surface area contributed by atoms with Crippen molar-refractivity contribution in [3.05, 3.63) is 47.2 Å². The molecule has 0 radical (unpaired) electrons. The van der Waals surface area contributed by atoms with E-state index < -0.39 is 0 Å². The van der Waals surface area contributed by atoms with E-state index in [-0.39, 0.29) is 5.97 Å². The predicted molar refractivity (Wildman–Crippen MR) is 81.5 cm³/mol. The van der Waals surface area contributed by atoms with Crippen LogP contribution in [0, 0.1) is 0 Å². The molecule has 21 heavy (non-hydrogen) atoms. The molecule has 0 saturated carbocycles. The molecule has 2 aliphatic rings. The standard InChI is InChI=1S/C18H20O3/c1-3-6-13-9-17(20-12(2)19)15-11-14-7-4-5-8-16(14)21-18(15)10-13/h3,9-10H,1,4-8,11H2,2H3. The van der Waals surface area contributed by atoms with Crippen molar-refractivity contribution < 1.29 is 14.3 Å². The Morgan fingerprint density at radius 2 is 2.19 bits per heavy atom. The van der Waals surface area contributed by atoms with Gasteiger partial charge in [-0.2, -0.15) is 0 Å². The fourth-order valence-electron chi connectivity index (χ4n) is 3.07. The summed E-state index contributed by atoms with van der Waals surface area (Å²) in [5, 5.41) is 0. The largest absolute Gasteiger partial charge is 0.461 e. The first-order valence-electron chi connectivity index (χ1n) is 7.51. The molecule has 0 spiro atoms. The Labute approximate surface area is 125 Å². The summed E-state index contributed by atoms with van der Waals surface area (Å²) in [7, 11) is 0. The lowest BCUT2D eigenvalue weighted by Gasteiger charge is -2.28. The van der Waals surface area contributed by atoms with Crippen LogP contribution in [0.25, 0.3) is 0 Å². The first-order chi connectivity index (χ1) is 10.2. The van der Waals surface area contributed by atoms with Crippen LogP contribution < -0.4 is 9.47 Å². The molecule has 110 valence electrons. The van der Waals surface area contributed by atoms with E-state index in [2.05, 4.69) is 6.58 Å². The van der Waals surface area contributed by atoms with Crippen LogP contribution in [-0.2, 0) is 17.6 Å². The normalized spacial score (nSPS) is 16.6. The molecule has 0 fully saturated rings. The minimum Gasteiger partial charge on any atom is -0.461 e. The summed E-state index contributed by atoms with van der Waals surface area (Å²) in [6, 6.07) is 3.97. The summed E-state index contributed by atoms with van der Waals surface area (Å²) in [4.78, 5) is 11.4. The summed E-state index contributed by atoms with van der Waals surface area (Å²) in [6.07, 6.45) is 7.92. The average molecular weight is 284 g/mol. The Morgan fingerprint density at radius 3 is 2.95 bits per heavy atom.